The Morgan fingerprint density at radius 2 is 1.92 bits per heavy atom. The lowest BCUT2D eigenvalue weighted by Gasteiger charge is -2.16. The molecule has 1 aromatic carbocycles. The van der Waals surface area contributed by atoms with E-state index in [2.05, 4.69) is 20.9 Å². The lowest BCUT2D eigenvalue weighted by atomic mass is 10.2. The van der Waals surface area contributed by atoms with Crippen molar-refractivity contribution in [2.24, 2.45) is 4.99 Å². The van der Waals surface area contributed by atoms with Gasteiger partial charge in [0.2, 0.25) is 0 Å². The van der Waals surface area contributed by atoms with Gasteiger partial charge in [0, 0.05) is 31.7 Å². The number of nitrogens with zero attached hydrogens (tertiary/aromatic N) is 1. The number of benzene rings is 1. The molecule has 0 radical (unpaired) electrons. The van der Waals surface area contributed by atoms with Gasteiger partial charge < -0.3 is 16.0 Å². The van der Waals surface area contributed by atoms with E-state index in [1.54, 1.807) is 19.2 Å². The van der Waals surface area contributed by atoms with E-state index in [-0.39, 0.29) is 47.4 Å². The molecule has 1 amide bonds. The number of rotatable bonds is 5. The van der Waals surface area contributed by atoms with E-state index in [0.717, 1.165) is 0 Å². The number of halogens is 3. The average Bonchev–Trinajstić information content (AvgIpc) is 2.91. The second-order valence-corrected chi connectivity index (χ2v) is 8.67. The maximum Gasteiger partial charge on any atom is 0.251 e. The van der Waals surface area contributed by atoms with Gasteiger partial charge in [-0.25, -0.2) is 8.42 Å². The molecular weight excluding hydrogens is 514 g/mol. The predicted octanol–water partition coefficient (Wildman–Crippen LogP) is 1.69. The molecule has 0 aromatic heterocycles. The first-order valence-corrected chi connectivity index (χ1v) is 10.3. The summed E-state index contributed by atoms with van der Waals surface area (Å²) in [5.74, 6) is 0.555. The van der Waals surface area contributed by atoms with Gasteiger partial charge in [0.1, 0.15) is 0 Å². The summed E-state index contributed by atoms with van der Waals surface area (Å²) < 4.78 is 22.9. The molecule has 1 aliphatic rings. The molecule has 1 aromatic rings. The number of amides is 1. The number of aliphatic imine (C=N–C) groups is 1. The molecular formula is C15H21Cl2IN4O3S. The van der Waals surface area contributed by atoms with Crippen molar-refractivity contribution in [3.63, 3.8) is 0 Å². The van der Waals surface area contributed by atoms with Crippen molar-refractivity contribution in [3.8, 4) is 0 Å². The number of nitrogens with one attached hydrogen (secondary N) is 3. The lowest BCUT2D eigenvalue weighted by Crippen LogP contribution is -2.46. The molecule has 0 bridgehead atoms. The normalized spacial score (nSPS) is 18.7. The molecule has 1 atom stereocenters. The first-order valence-electron chi connectivity index (χ1n) is 7.71. The van der Waals surface area contributed by atoms with Gasteiger partial charge in [0.15, 0.2) is 15.8 Å². The maximum absolute atomic E-state index is 12.0. The quantitative estimate of drug-likeness (QED) is 0.231. The molecule has 3 N–H and O–H groups in total. The van der Waals surface area contributed by atoms with E-state index in [9.17, 15) is 13.2 Å². The zero-order chi connectivity index (χ0) is 18.4. The van der Waals surface area contributed by atoms with Crippen LogP contribution >= 0.6 is 47.2 Å². The predicted molar refractivity (Wildman–Crippen MR) is 116 cm³/mol. The third-order valence-electron chi connectivity index (χ3n) is 3.68. The molecule has 0 spiro atoms. The van der Waals surface area contributed by atoms with E-state index in [4.69, 9.17) is 23.2 Å². The Labute approximate surface area is 180 Å². The molecule has 146 valence electrons. The summed E-state index contributed by atoms with van der Waals surface area (Å²) in [5.41, 5.74) is 0.424. The standard InChI is InChI=1S/C15H20Cl2N4O3S.HI/c1-18-15(21-11-4-7-25(23,24)9-11)20-6-5-19-14(22)10-2-3-12(16)13(17)8-10;/h2-3,8,11H,4-7,9H2,1H3,(H,19,22)(H2,18,20,21);1H. The van der Waals surface area contributed by atoms with Gasteiger partial charge in [-0.15, -0.1) is 24.0 Å². The zero-order valence-electron chi connectivity index (χ0n) is 14.1. The van der Waals surface area contributed by atoms with Crippen LogP contribution in [0.5, 0.6) is 0 Å². The van der Waals surface area contributed by atoms with E-state index < -0.39 is 9.84 Å². The summed E-state index contributed by atoms with van der Waals surface area (Å²) >= 11 is 11.7. The highest BCUT2D eigenvalue weighted by atomic mass is 127. The van der Waals surface area contributed by atoms with Crippen molar-refractivity contribution in [2.45, 2.75) is 12.5 Å². The van der Waals surface area contributed by atoms with Crippen molar-refractivity contribution in [3.05, 3.63) is 33.8 Å². The first-order chi connectivity index (χ1) is 11.8. The molecule has 1 saturated heterocycles. The van der Waals surface area contributed by atoms with E-state index in [1.165, 1.54) is 6.07 Å². The van der Waals surface area contributed by atoms with Crippen LogP contribution in [0.3, 0.4) is 0 Å². The van der Waals surface area contributed by atoms with Crippen LogP contribution in [0.1, 0.15) is 16.8 Å². The molecule has 0 aliphatic carbocycles. The lowest BCUT2D eigenvalue weighted by molar-refractivity contribution is 0.0954. The molecule has 0 saturated carbocycles. The maximum atomic E-state index is 12.0. The topological polar surface area (TPSA) is 99.7 Å². The van der Waals surface area contributed by atoms with Crippen molar-refractivity contribution in [1.29, 1.82) is 0 Å². The highest BCUT2D eigenvalue weighted by Gasteiger charge is 2.28. The van der Waals surface area contributed by atoms with Crippen LogP contribution in [0, 0.1) is 0 Å². The Morgan fingerprint density at radius 1 is 1.23 bits per heavy atom. The number of hydrogen-bond donors (Lipinski definition) is 3. The fraction of sp³-hybridized carbons (Fsp3) is 0.467. The third kappa shape index (κ3) is 7.09. The summed E-state index contributed by atoms with van der Waals surface area (Å²) in [6, 6.07) is 4.53. The number of carbonyl (C=O) groups excluding carboxylic acids is 1. The fourth-order valence-electron chi connectivity index (χ4n) is 2.39. The second-order valence-electron chi connectivity index (χ2n) is 5.63. The molecule has 2 rings (SSSR count). The van der Waals surface area contributed by atoms with Gasteiger partial charge in [-0.05, 0) is 24.6 Å². The third-order valence-corrected chi connectivity index (χ3v) is 6.19. The minimum Gasteiger partial charge on any atom is -0.355 e. The van der Waals surface area contributed by atoms with Crippen molar-refractivity contribution in [2.75, 3.05) is 31.6 Å². The molecule has 1 heterocycles. The molecule has 11 heteroatoms. The summed E-state index contributed by atoms with van der Waals surface area (Å²) in [6.45, 7) is 0.801. The van der Waals surface area contributed by atoms with Crippen LogP contribution in [0.4, 0.5) is 0 Å². The van der Waals surface area contributed by atoms with Gasteiger partial charge in [-0.2, -0.15) is 0 Å². The van der Waals surface area contributed by atoms with Crippen molar-refractivity contribution >= 4 is 68.9 Å². The average molecular weight is 535 g/mol. The van der Waals surface area contributed by atoms with Crippen LogP contribution in [-0.2, 0) is 9.84 Å². The van der Waals surface area contributed by atoms with Gasteiger partial charge >= 0.3 is 0 Å². The van der Waals surface area contributed by atoms with Gasteiger partial charge in [-0.1, -0.05) is 23.2 Å². The highest BCUT2D eigenvalue weighted by Crippen LogP contribution is 2.22. The summed E-state index contributed by atoms with van der Waals surface area (Å²) in [7, 11) is -1.34. The van der Waals surface area contributed by atoms with E-state index in [0.29, 0.717) is 41.1 Å². The Bertz CT molecular complexity index is 774. The SMILES string of the molecule is CN=C(NCCNC(=O)c1ccc(Cl)c(Cl)c1)NC1CCS(=O)(=O)C1.I. The largest absolute Gasteiger partial charge is 0.355 e. The minimum atomic E-state index is -2.95. The Hall–Kier alpha value is -0.780. The minimum absolute atomic E-state index is 0. The fourth-order valence-corrected chi connectivity index (χ4v) is 4.36. The summed E-state index contributed by atoms with van der Waals surface area (Å²) in [4.78, 5) is 16.1. The summed E-state index contributed by atoms with van der Waals surface area (Å²) in [6.07, 6.45) is 0.567. The van der Waals surface area contributed by atoms with Gasteiger partial charge in [-0.3, -0.25) is 9.79 Å². The smallest absolute Gasteiger partial charge is 0.251 e. The molecule has 26 heavy (non-hydrogen) atoms. The van der Waals surface area contributed by atoms with Gasteiger partial charge in [0.25, 0.3) is 5.91 Å². The Kier molecular flexibility index (Phi) is 9.42. The van der Waals surface area contributed by atoms with Gasteiger partial charge in [0.05, 0.1) is 21.6 Å². The first kappa shape index (κ1) is 23.3. The number of guanidine groups is 1. The van der Waals surface area contributed by atoms with E-state index in [1.807, 2.05) is 0 Å². The van der Waals surface area contributed by atoms with Crippen LogP contribution in [-0.4, -0.2) is 58.0 Å². The zero-order valence-corrected chi connectivity index (χ0v) is 18.7. The number of carbonyl (C=O) groups is 1. The van der Waals surface area contributed by atoms with Crippen molar-refractivity contribution in [1.82, 2.24) is 16.0 Å². The van der Waals surface area contributed by atoms with Crippen LogP contribution in [0.25, 0.3) is 0 Å². The summed E-state index contributed by atoms with van der Waals surface area (Å²) in [5, 5.41) is 9.57. The molecule has 1 unspecified atom stereocenters. The monoisotopic (exact) mass is 534 g/mol. The number of hydrogen-bond acceptors (Lipinski definition) is 4. The van der Waals surface area contributed by atoms with Crippen molar-refractivity contribution < 1.29 is 13.2 Å². The number of sulfone groups is 1. The second kappa shape index (κ2) is 10.5. The Balaban J connectivity index is 0.00000338. The Morgan fingerprint density at radius 3 is 2.50 bits per heavy atom. The molecule has 1 fully saturated rings. The highest BCUT2D eigenvalue weighted by molar-refractivity contribution is 14.0. The van der Waals surface area contributed by atoms with Crippen LogP contribution < -0.4 is 16.0 Å². The molecule has 7 nitrogen and oxygen atoms in total. The van der Waals surface area contributed by atoms with Crippen LogP contribution in [0.15, 0.2) is 23.2 Å². The van der Waals surface area contributed by atoms with Crippen LogP contribution in [0.2, 0.25) is 10.0 Å². The molecule has 1 aliphatic heterocycles. The van der Waals surface area contributed by atoms with E-state index >= 15 is 0 Å².